The quantitative estimate of drug-likeness (QED) is 0.622. The van der Waals surface area contributed by atoms with Crippen LogP contribution < -0.4 is 4.74 Å². The minimum Gasteiger partial charge on any atom is -0.463 e. The minimum atomic E-state index is -1.48. The van der Waals surface area contributed by atoms with Gasteiger partial charge in [0.15, 0.2) is 0 Å². The molecule has 0 amide bonds. The number of hydrogen-bond acceptors (Lipinski definition) is 4. The van der Waals surface area contributed by atoms with E-state index in [0.717, 1.165) is 0 Å². The lowest BCUT2D eigenvalue weighted by Gasteiger charge is -2.26. The van der Waals surface area contributed by atoms with Gasteiger partial charge in [-0.05, 0) is 12.1 Å². The molecule has 4 heteroatoms. The first kappa shape index (κ1) is 12.0. The molecule has 0 saturated carbocycles. The normalized spacial score (nSPS) is 16.8. The van der Waals surface area contributed by atoms with Crippen LogP contribution in [-0.2, 0) is 0 Å². The lowest BCUT2D eigenvalue weighted by atomic mass is 10.1. The van der Waals surface area contributed by atoms with Crippen LogP contribution in [0.15, 0.2) is 30.3 Å². The van der Waals surface area contributed by atoms with Gasteiger partial charge in [0.25, 0.3) is 0 Å². The predicted molar refractivity (Wildman–Crippen MR) is 55.4 cm³/mol. The Morgan fingerprint density at radius 1 is 1.33 bits per heavy atom. The van der Waals surface area contributed by atoms with Crippen LogP contribution >= 0.6 is 0 Å². The van der Waals surface area contributed by atoms with Crippen molar-refractivity contribution in [3.05, 3.63) is 30.3 Å². The van der Waals surface area contributed by atoms with Crippen molar-refractivity contribution in [2.75, 3.05) is 6.61 Å². The fourth-order valence-corrected chi connectivity index (χ4v) is 1.29. The molecule has 1 aromatic rings. The lowest BCUT2D eigenvalue weighted by molar-refractivity contribution is -0.148. The largest absolute Gasteiger partial charge is 0.463 e. The van der Waals surface area contributed by atoms with Crippen LogP contribution in [-0.4, -0.2) is 33.8 Å². The van der Waals surface area contributed by atoms with Crippen LogP contribution in [0.4, 0.5) is 0 Å². The Morgan fingerprint density at radius 2 is 1.93 bits per heavy atom. The Balaban J connectivity index is 2.56. The first-order valence-corrected chi connectivity index (χ1v) is 4.79. The second kappa shape index (κ2) is 5.11. The standard InChI is InChI=1S/C11H16O4/c1-11(14,7-9(13)8-12)15-10-5-3-2-4-6-10/h2-6,9,12-14H,7-8H2,1H3. The van der Waals surface area contributed by atoms with E-state index in [9.17, 15) is 10.2 Å². The molecule has 0 spiro atoms. The monoisotopic (exact) mass is 212 g/mol. The van der Waals surface area contributed by atoms with Gasteiger partial charge in [0, 0.05) is 13.3 Å². The van der Waals surface area contributed by atoms with Crippen LogP contribution in [0.5, 0.6) is 5.75 Å². The number of para-hydroxylation sites is 1. The number of aliphatic hydroxyl groups is 3. The van der Waals surface area contributed by atoms with Gasteiger partial charge >= 0.3 is 0 Å². The molecule has 0 fully saturated rings. The molecule has 2 unspecified atom stereocenters. The smallest absolute Gasteiger partial charge is 0.207 e. The van der Waals surface area contributed by atoms with Gasteiger partial charge in [-0.25, -0.2) is 0 Å². The van der Waals surface area contributed by atoms with Crippen LogP contribution in [0.2, 0.25) is 0 Å². The van der Waals surface area contributed by atoms with E-state index < -0.39 is 18.5 Å². The van der Waals surface area contributed by atoms with Crippen molar-refractivity contribution in [3.8, 4) is 5.75 Å². The summed E-state index contributed by atoms with van der Waals surface area (Å²) in [6, 6.07) is 8.82. The van der Waals surface area contributed by atoms with E-state index in [1.165, 1.54) is 6.92 Å². The molecule has 0 heterocycles. The Morgan fingerprint density at radius 3 is 2.47 bits per heavy atom. The average Bonchev–Trinajstić information content (AvgIpc) is 2.17. The van der Waals surface area contributed by atoms with E-state index in [1.54, 1.807) is 24.3 Å². The summed E-state index contributed by atoms with van der Waals surface area (Å²) < 4.78 is 5.26. The molecular formula is C11H16O4. The van der Waals surface area contributed by atoms with E-state index in [4.69, 9.17) is 9.84 Å². The number of benzene rings is 1. The van der Waals surface area contributed by atoms with Crippen molar-refractivity contribution in [2.24, 2.45) is 0 Å². The maximum Gasteiger partial charge on any atom is 0.207 e. The summed E-state index contributed by atoms with van der Waals surface area (Å²) in [7, 11) is 0. The highest BCUT2D eigenvalue weighted by Gasteiger charge is 2.26. The number of hydrogen-bond donors (Lipinski definition) is 3. The Labute approximate surface area is 88.8 Å². The molecule has 3 N–H and O–H groups in total. The summed E-state index contributed by atoms with van der Waals surface area (Å²) in [6.07, 6.45) is -1.03. The van der Waals surface area contributed by atoms with Crippen molar-refractivity contribution < 1.29 is 20.1 Å². The van der Waals surface area contributed by atoms with Crippen molar-refractivity contribution in [2.45, 2.75) is 25.2 Å². The maximum absolute atomic E-state index is 9.78. The summed E-state index contributed by atoms with van der Waals surface area (Å²) in [5, 5.41) is 27.6. The number of aliphatic hydroxyl groups excluding tert-OH is 2. The highest BCUT2D eigenvalue weighted by molar-refractivity contribution is 5.21. The van der Waals surface area contributed by atoms with Gasteiger partial charge in [-0.15, -0.1) is 0 Å². The van der Waals surface area contributed by atoms with Gasteiger partial charge in [-0.3, -0.25) is 0 Å². The summed E-state index contributed by atoms with van der Waals surface area (Å²) >= 11 is 0. The van der Waals surface area contributed by atoms with Crippen LogP contribution in [0.3, 0.4) is 0 Å². The molecule has 0 radical (unpaired) electrons. The van der Waals surface area contributed by atoms with Gasteiger partial charge in [0.2, 0.25) is 5.79 Å². The number of rotatable bonds is 5. The van der Waals surface area contributed by atoms with E-state index in [1.807, 2.05) is 6.07 Å². The van der Waals surface area contributed by atoms with Crippen LogP contribution in [0, 0.1) is 0 Å². The first-order chi connectivity index (χ1) is 7.03. The van der Waals surface area contributed by atoms with Crippen molar-refractivity contribution >= 4 is 0 Å². The second-order valence-electron chi connectivity index (χ2n) is 3.63. The molecule has 0 saturated heterocycles. The third-order valence-electron chi connectivity index (χ3n) is 1.91. The molecule has 0 bridgehead atoms. The van der Waals surface area contributed by atoms with Gasteiger partial charge in [0.1, 0.15) is 5.75 Å². The van der Waals surface area contributed by atoms with E-state index in [0.29, 0.717) is 5.75 Å². The fourth-order valence-electron chi connectivity index (χ4n) is 1.29. The number of ether oxygens (including phenoxy) is 1. The van der Waals surface area contributed by atoms with Crippen molar-refractivity contribution in [1.82, 2.24) is 0 Å². The maximum atomic E-state index is 9.78. The molecule has 0 aliphatic heterocycles. The molecule has 0 aromatic heterocycles. The van der Waals surface area contributed by atoms with Gasteiger partial charge in [-0.1, -0.05) is 18.2 Å². The SMILES string of the molecule is CC(O)(CC(O)CO)Oc1ccccc1. The predicted octanol–water partition coefficient (Wildman–Crippen LogP) is 0.517. The van der Waals surface area contributed by atoms with Gasteiger partial charge in [0.05, 0.1) is 12.7 Å². The van der Waals surface area contributed by atoms with E-state index >= 15 is 0 Å². The van der Waals surface area contributed by atoms with Crippen molar-refractivity contribution in [3.63, 3.8) is 0 Å². The molecule has 1 rings (SSSR count). The highest BCUT2D eigenvalue weighted by Crippen LogP contribution is 2.19. The topological polar surface area (TPSA) is 69.9 Å². The fraction of sp³-hybridized carbons (Fsp3) is 0.455. The zero-order valence-electron chi connectivity index (χ0n) is 8.63. The third-order valence-corrected chi connectivity index (χ3v) is 1.91. The summed E-state index contributed by atoms with van der Waals surface area (Å²) in [4.78, 5) is 0. The zero-order valence-corrected chi connectivity index (χ0v) is 8.63. The molecule has 15 heavy (non-hydrogen) atoms. The third kappa shape index (κ3) is 4.29. The molecule has 2 atom stereocenters. The van der Waals surface area contributed by atoms with E-state index in [-0.39, 0.29) is 6.42 Å². The molecule has 0 aliphatic rings. The second-order valence-corrected chi connectivity index (χ2v) is 3.63. The summed E-state index contributed by atoms with van der Waals surface area (Å²) in [6.45, 7) is 1.05. The highest BCUT2D eigenvalue weighted by atomic mass is 16.6. The van der Waals surface area contributed by atoms with E-state index in [2.05, 4.69) is 0 Å². The summed E-state index contributed by atoms with van der Waals surface area (Å²) in [5.41, 5.74) is 0. The van der Waals surface area contributed by atoms with Crippen LogP contribution in [0.25, 0.3) is 0 Å². The Bertz CT molecular complexity index is 284. The minimum absolute atomic E-state index is 0.0433. The average molecular weight is 212 g/mol. The molecule has 1 aromatic carbocycles. The van der Waals surface area contributed by atoms with Gasteiger partial charge < -0.3 is 20.1 Å². The lowest BCUT2D eigenvalue weighted by Crippen LogP contribution is -2.37. The van der Waals surface area contributed by atoms with Crippen molar-refractivity contribution in [1.29, 1.82) is 0 Å². The molecule has 0 aliphatic carbocycles. The summed E-state index contributed by atoms with van der Waals surface area (Å²) in [5.74, 6) is -0.962. The molecular weight excluding hydrogens is 196 g/mol. The Kier molecular flexibility index (Phi) is 4.08. The van der Waals surface area contributed by atoms with Crippen LogP contribution in [0.1, 0.15) is 13.3 Å². The molecule has 84 valence electrons. The first-order valence-electron chi connectivity index (χ1n) is 4.79. The molecule has 4 nitrogen and oxygen atoms in total. The van der Waals surface area contributed by atoms with Gasteiger partial charge in [-0.2, -0.15) is 0 Å². The zero-order chi connectivity index (χ0) is 11.3. The Hall–Kier alpha value is -1.10.